The Labute approximate surface area is 112 Å². The Balaban J connectivity index is 1.69. The molecule has 2 aromatic rings. The minimum Gasteiger partial charge on any atom is -0.481 e. The van der Waals surface area contributed by atoms with Gasteiger partial charge in [0.2, 0.25) is 5.88 Å². The summed E-state index contributed by atoms with van der Waals surface area (Å²) in [7, 11) is 1.63. The first-order chi connectivity index (χ1) is 9.35. The molecule has 0 atom stereocenters. The maximum Gasteiger partial charge on any atom is 0.213 e. The van der Waals surface area contributed by atoms with Gasteiger partial charge in [0.25, 0.3) is 0 Å². The highest BCUT2D eigenvalue weighted by atomic mass is 16.5. The van der Waals surface area contributed by atoms with Gasteiger partial charge < -0.3 is 14.6 Å². The van der Waals surface area contributed by atoms with E-state index in [1.54, 1.807) is 13.3 Å². The molecule has 100 valence electrons. The monoisotopic (exact) mass is 258 g/mol. The fourth-order valence-electron chi connectivity index (χ4n) is 2.03. The highest BCUT2D eigenvalue weighted by Crippen LogP contribution is 2.19. The van der Waals surface area contributed by atoms with Crippen molar-refractivity contribution in [3.8, 4) is 5.88 Å². The average molecular weight is 258 g/mol. The summed E-state index contributed by atoms with van der Waals surface area (Å²) in [5.74, 6) is 0.648. The van der Waals surface area contributed by atoms with Gasteiger partial charge in [0.05, 0.1) is 19.1 Å². The van der Waals surface area contributed by atoms with Crippen molar-refractivity contribution in [3.05, 3.63) is 42.1 Å². The Bertz CT molecular complexity index is 548. The van der Waals surface area contributed by atoms with Crippen LogP contribution >= 0.6 is 0 Å². The van der Waals surface area contributed by atoms with E-state index in [0.717, 1.165) is 18.7 Å². The molecule has 2 heterocycles. The molecule has 1 aliphatic rings. The fraction of sp³-hybridized carbons (Fsp3) is 0.429. The number of nitrogens with one attached hydrogen (secondary N) is 1. The summed E-state index contributed by atoms with van der Waals surface area (Å²) in [4.78, 5) is 8.35. The number of hydrogen-bond acceptors (Lipinski definition) is 4. The third kappa shape index (κ3) is 3.12. The zero-order valence-corrected chi connectivity index (χ0v) is 11.0. The summed E-state index contributed by atoms with van der Waals surface area (Å²) in [6.45, 7) is 1.67. The van der Waals surface area contributed by atoms with Crippen molar-refractivity contribution in [2.75, 3.05) is 7.11 Å². The smallest absolute Gasteiger partial charge is 0.213 e. The van der Waals surface area contributed by atoms with Crippen LogP contribution in [-0.4, -0.2) is 27.7 Å². The molecule has 5 nitrogen and oxygen atoms in total. The van der Waals surface area contributed by atoms with E-state index in [2.05, 4.69) is 19.9 Å². The molecular formula is C14H18N4O. The van der Waals surface area contributed by atoms with Crippen LogP contribution in [0.3, 0.4) is 0 Å². The van der Waals surface area contributed by atoms with E-state index in [0.29, 0.717) is 11.9 Å². The lowest BCUT2D eigenvalue weighted by Gasteiger charge is -2.09. The average Bonchev–Trinajstić information content (AvgIpc) is 3.17. The van der Waals surface area contributed by atoms with E-state index in [-0.39, 0.29) is 0 Å². The van der Waals surface area contributed by atoms with Crippen molar-refractivity contribution in [2.24, 2.45) is 0 Å². The first-order valence-electron chi connectivity index (χ1n) is 6.56. The lowest BCUT2D eigenvalue weighted by atomic mass is 10.2. The zero-order chi connectivity index (χ0) is 13.1. The van der Waals surface area contributed by atoms with E-state index in [9.17, 15) is 0 Å². The van der Waals surface area contributed by atoms with Crippen LogP contribution in [0.15, 0.2) is 30.9 Å². The lowest BCUT2D eigenvalue weighted by Crippen LogP contribution is -2.18. The number of rotatable bonds is 6. The predicted octanol–water partition coefficient (Wildman–Crippen LogP) is 1.59. The third-order valence-electron chi connectivity index (χ3n) is 3.31. The maximum atomic E-state index is 5.14. The van der Waals surface area contributed by atoms with Crippen LogP contribution in [0.5, 0.6) is 5.88 Å². The van der Waals surface area contributed by atoms with E-state index >= 15 is 0 Å². The van der Waals surface area contributed by atoms with Crippen molar-refractivity contribution >= 4 is 0 Å². The van der Waals surface area contributed by atoms with Gasteiger partial charge in [0.1, 0.15) is 0 Å². The number of pyridine rings is 1. The normalized spacial score (nSPS) is 14.6. The molecule has 0 saturated heterocycles. The summed E-state index contributed by atoms with van der Waals surface area (Å²) in [5.41, 5.74) is 2.38. The van der Waals surface area contributed by atoms with Crippen molar-refractivity contribution in [1.82, 2.24) is 19.9 Å². The summed E-state index contributed by atoms with van der Waals surface area (Å²) >= 11 is 0. The van der Waals surface area contributed by atoms with Crippen molar-refractivity contribution in [1.29, 1.82) is 0 Å². The number of hydrogen-bond donors (Lipinski definition) is 1. The molecule has 1 fully saturated rings. The fourth-order valence-corrected chi connectivity index (χ4v) is 2.03. The summed E-state index contributed by atoms with van der Waals surface area (Å²) in [6.07, 6.45) is 8.17. The molecule has 5 heteroatoms. The topological polar surface area (TPSA) is 52.0 Å². The van der Waals surface area contributed by atoms with Crippen LogP contribution in [0, 0.1) is 0 Å². The van der Waals surface area contributed by atoms with Crippen LogP contribution in [0.1, 0.15) is 24.1 Å². The van der Waals surface area contributed by atoms with Gasteiger partial charge in [-0.05, 0) is 24.5 Å². The highest BCUT2D eigenvalue weighted by Gasteiger charge is 2.20. The van der Waals surface area contributed by atoms with Gasteiger partial charge in [-0.2, -0.15) is 0 Å². The minimum atomic E-state index is 0.648. The van der Waals surface area contributed by atoms with Gasteiger partial charge in [0, 0.05) is 37.6 Å². The van der Waals surface area contributed by atoms with Gasteiger partial charge in [-0.3, -0.25) is 0 Å². The first-order valence-corrected chi connectivity index (χ1v) is 6.56. The molecule has 0 spiro atoms. The van der Waals surface area contributed by atoms with Crippen LogP contribution in [-0.2, 0) is 13.1 Å². The molecule has 0 unspecified atom stereocenters. The Kier molecular flexibility index (Phi) is 3.46. The van der Waals surface area contributed by atoms with Gasteiger partial charge in [-0.15, -0.1) is 0 Å². The predicted molar refractivity (Wildman–Crippen MR) is 72.0 cm³/mol. The third-order valence-corrected chi connectivity index (χ3v) is 3.31. The number of methoxy groups -OCH3 is 1. The lowest BCUT2D eigenvalue weighted by molar-refractivity contribution is 0.397. The second kappa shape index (κ2) is 5.40. The van der Waals surface area contributed by atoms with Gasteiger partial charge in [0.15, 0.2) is 0 Å². The van der Waals surface area contributed by atoms with Crippen molar-refractivity contribution in [2.45, 2.75) is 32.0 Å². The highest BCUT2D eigenvalue weighted by molar-refractivity contribution is 5.21. The second-order valence-corrected chi connectivity index (χ2v) is 4.87. The van der Waals surface area contributed by atoms with E-state index < -0.39 is 0 Å². The molecular weight excluding hydrogens is 240 g/mol. The minimum absolute atomic E-state index is 0.648. The number of aromatic nitrogens is 3. The molecule has 0 bridgehead atoms. The Hall–Kier alpha value is -1.88. The molecule has 1 N–H and O–H groups in total. The second-order valence-electron chi connectivity index (χ2n) is 4.87. The summed E-state index contributed by atoms with van der Waals surface area (Å²) in [6, 6.07) is 4.67. The Morgan fingerprint density at radius 2 is 2.37 bits per heavy atom. The molecule has 2 aromatic heterocycles. The van der Waals surface area contributed by atoms with Crippen molar-refractivity contribution < 1.29 is 4.74 Å². The van der Waals surface area contributed by atoms with E-state index in [1.807, 2.05) is 24.7 Å². The van der Waals surface area contributed by atoms with Crippen LogP contribution in [0.2, 0.25) is 0 Å². The van der Waals surface area contributed by atoms with Crippen LogP contribution < -0.4 is 10.1 Å². The standard InChI is InChI=1S/C14H18N4O/c1-19-14-6-11(4-5-16-14)9-18-10-15-7-13(18)8-17-12-2-3-12/h4-7,10,12,17H,2-3,8-9H2,1H3. The summed E-state index contributed by atoms with van der Waals surface area (Å²) in [5, 5.41) is 3.51. The first kappa shape index (κ1) is 12.2. The molecule has 1 saturated carbocycles. The van der Waals surface area contributed by atoms with Gasteiger partial charge >= 0.3 is 0 Å². The molecule has 0 aliphatic heterocycles. The maximum absolute atomic E-state index is 5.14. The quantitative estimate of drug-likeness (QED) is 0.855. The van der Waals surface area contributed by atoms with E-state index in [4.69, 9.17) is 4.74 Å². The Morgan fingerprint density at radius 3 is 3.16 bits per heavy atom. The van der Waals surface area contributed by atoms with Crippen LogP contribution in [0.4, 0.5) is 0 Å². The molecule has 0 radical (unpaired) electrons. The van der Waals surface area contributed by atoms with E-state index in [1.165, 1.54) is 18.5 Å². The number of ether oxygens (including phenoxy) is 1. The van der Waals surface area contributed by atoms with Crippen molar-refractivity contribution in [3.63, 3.8) is 0 Å². The molecule has 3 rings (SSSR count). The molecule has 1 aliphatic carbocycles. The summed E-state index contributed by atoms with van der Waals surface area (Å²) < 4.78 is 7.30. The molecule has 0 aromatic carbocycles. The van der Waals surface area contributed by atoms with Gasteiger partial charge in [-0.25, -0.2) is 9.97 Å². The SMILES string of the molecule is COc1cc(Cn2cncc2CNC2CC2)ccn1. The zero-order valence-electron chi connectivity index (χ0n) is 11.0. The number of imidazole rings is 1. The van der Waals surface area contributed by atoms with Gasteiger partial charge in [-0.1, -0.05) is 0 Å². The Morgan fingerprint density at radius 1 is 1.47 bits per heavy atom. The largest absolute Gasteiger partial charge is 0.481 e. The number of nitrogens with zero attached hydrogens (tertiary/aromatic N) is 3. The molecule has 0 amide bonds. The molecule has 19 heavy (non-hydrogen) atoms. The van der Waals surface area contributed by atoms with Crippen LogP contribution in [0.25, 0.3) is 0 Å².